The summed E-state index contributed by atoms with van der Waals surface area (Å²) in [4.78, 5) is 1.32. The Morgan fingerprint density at radius 3 is 2.47 bits per heavy atom. The smallest absolute Gasteiger partial charge is 0.0880 e. The van der Waals surface area contributed by atoms with Gasteiger partial charge in [-0.3, -0.25) is 0 Å². The van der Waals surface area contributed by atoms with Gasteiger partial charge in [-0.2, -0.15) is 0 Å². The lowest BCUT2D eigenvalue weighted by molar-refractivity contribution is 0.404. The van der Waals surface area contributed by atoms with Crippen LogP contribution in [-0.4, -0.2) is 10.9 Å². The first-order chi connectivity index (χ1) is 7.20. The summed E-state index contributed by atoms with van der Waals surface area (Å²) >= 11 is 1.87. The fourth-order valence-corrected chi connectivity index (χ4v) is 2.10. The van der Waals surface area contributed by atoms with Gasteiger partial charge in [-0.15, -0.1) is 11.8 Å². The zero-order valence-corrected chi connectivity index (χ0v) is 10.2. The first kappa shape index (κ1) is 12.2. The summed E-state index contributed by atoms with van der Waals surface area (Å²) in [6.45, 7) is 3.74. The Kier molecular flexibility index (Phi) is 5.33. The minimum absolute atomic E-state index is 0.472. The van der Waals surface area contributed by atoms with Crippen LogP contribution in [0.2, 0.25) is 0 Å². The third-order valence-corrected chi connectivity index (χ3v) is 3.42. The number of allylic oxidation sites excluding steroid dienone is 2. The SMILES string of the molecule is C/C(O)=C(\C)CCCSc1ccccc1. The molecule has 0 radical (unpaired) electrons. The van der Waals surface area contributed by atoms with Crippen molar-refractivity contribution in [3.8, 4) is 0 Å². The number of benzene rings is 1. The third-order valence-electron chi connectivity index (χ3n) is 2.33. The highest BCUT2D eigenvalue weighted by Gasteiger charge is 1.96. The van der Waals surface area contributed by atoms with Crippen molar-refractivity contribution in [1.29, 1.82) is 0 Å². The molecule has 0 aliphatic heterocycles. The second-order valence-corrected chi connectivity index (χ2v) is 4.80. The first-order valence-corrected chi connectivity index (χ1v) is 6.22. The van der Waals surface area contributed by atoms with Gasteiger partial charge in [0.2, 0.25) is 0 Å². The van der Waals surface area contributed by atoms with Crippen LogP contribution < -0.4 is 0 Å². The number of hydrogen-bond donors (Lipinski definition) is 1. The Morgan fingerprint density at radius 1 is 1.20 bits per heavy atom. The Morgan fingerprint density at radius 2 is 1.87 bits per heavy atom. The number of rotatable bonds is 5. The normalized spacial score (nSPS) is 12.4. The van der Waals surface area contributed by atoms with Gasteiger partial charge >= 0.3 is 0 Å². The minimum atomic E-state index is 0.472. The maximum Gasteiger partial charge on any atom is 0.0880 e. The molecule has 0 spiro atoms. The Hall–Kier alpha value is -0.890. The van der Waals surface area contributed by atoms with E-state index in [2.05, 4.69) is 24.3 Å². The number of thioether (sulfide) groups is 1. The number of hydrogen-bond acceptors (Lipinski definition) is 2. The summed E-state index contributed by atoms with van der Waals surface area (Å²) in [5, 5.41) is 9.21. The molecule has 0 bridgehead atoms. The number of aliphatic hydroxyl groups is 1. The number of aliphatic hydroxyl groups excluding tert-OH is 1. The van der Waals surface area contributed by atoms with Gasteiger partial charge < -0.3 is 5.11 Å². The standard InChI is InChI=1S/C13H18OS/c1-11(12(2)14)7-6-10-15-13-8-4-3-5-9-13/h3-5,8-9,14H,6-7,10H2,1-2H3/b12-11-. The van der Waals surface area contributed by atoms with Crippen molar-refractivity contribution in [2.45, 2.75) is 31.6 Å². The summed E-state index contributed by atoms with van der Waals surface area (Å²) < 4.78 is 0. The van der Waals surface area contributed by atoms with E-state index in [1.54, 1.807) is 6.92 Å². The van der Waals surface area contributed by atoms with Crippen molar-refractivity contribution in [2.75, 3.05) is 5.75 Å². The monoisotopic (exact) mass is 222 g/mol. The second-order valence-electron chi connectivity index (χ2n) is 3.63. The van der Waals surface area contributed by atoms with Gasteiger partial charge in [0.15, 0.2) is 0 Å². The van der Waals surface area contributed by atoms with Crippen molar-refractivity contribution in [3.05, 3.63) is 41.7 Å². The minimum Gasteiger partial charge on any atom is -0.513 e. The molecule has 0 atom stereocenters. The molecule has 2 heteroatoms. The molecule has 0 aliphatic carbocycles. The molecule has 0 aliphatic rings. The van der Waals surface area contributed by atoms with Crippen LogP contribution in [0.15, 0.2) is 46.6 Å². The lowest BCUT2D eigenvalue weighted by Gasteiger charge is -2.03. The lowest BCUT2D eigenvalue weighted by Crippen LogP contribution is -1.86. The average molecular weight is 222 g/mol. The van der Waals surface area contributed by atoms with E-state index < -0.39 is 0 Å². The molecule has 0 unspecified atom stereocenters. The molecule has 1 N–H and O–H groups in total. The van der Waals surface area contributed by atoms with Gasteiger partial charge in [-0.25, -0.2) is 0 Å². The maximum atomic E-state index is 9.21. The quantitative estimate of drug-likeness (QED) is 0.452. The fraction of sp³-hybridized carbons (Fsp3) is 0.385. The summed E-state index contributed by atoms with van der Waals surface area (Å²) in [7, 11) is 0. The van der Waals surface area contributed by atoms with E-state index in [9.17, 15) is 5.11 Å². The van der Waals surface area contributed by atoms with Crippen LogP contribution in [0.5, 0.6) is 0 Å². The van der Waals surface area contributed by atoms with E-state index in [-0.39, 0.29) is 0 Å². The predicted molar refractivity (Wildman–Crippen MR) is 67.4 cm³/mol. The molecule has 0 fully saturated rings. The molecule has 0 saturated carbocycles. The molecule has 1 aromatic carbocycles. The molecular formula is C13H18OS. The van der Waals surface area contributed by atoms with Crippen LogP contribution in [-0.2, 0) is 0 Å². The summed E-state index contributed by atoms with van der Waals surface area (Å²) in [6.07, 6.45) is 2.10. The van der Waals surface area contributed by atoms with Crippen molar-refractivity contribution < 1.29 is 5.11 Å². The molecular weight excluding hydrogens is 204 g/mol. The topological polar surface area (TPSA) is 20.2 Å². The second kappa shape index (κ2) is 6.57. The first-order valence-electron chi connectivity index (χ1n) is 5.23. The molecule has 82 valence electrons. The van der Waals surface area contributed by atoms with Crippen LogP contribution in [0.1, 0.15) is 26.7 Å². The van der Waals surface area contributed by atoms with E-state index in [0.29, 0.717) is 5.76 Å². The molecule has 1 rings (SSSR count). The Bertz CT molecular complexity index is 313. The van der Waals surface area contributed by atoms with Crippen LogP contribution in [0.25, 0.3) is 0 Å². The molecule has 0 aromatic heterocycles. The Balaban J connectivity index is 2.21. The molecule has 0 amide bonds. The van der Waals surface area contributed by atoms with Gasteiger partial charge in [0.1, 0.15) is 0 Å². The van der Waals surface area contributed by atoms with E-state index >= 15 is 0 Å². The van der Waals surface area contributed by atoms with Crippen molar-refractivity contribution >= 4 is 11.8 Å². The van der Waals surface area contributed by atoms with Gasteiger partial charge in [0, 0.05) is 4.90 Å². The lowest BCUT2D eigenvalue weighted by atomic mass is 10.1. The van der Waals surface area contributed by atoms with E-state index in [1.807, 2.05) is 24.8 Å². The van der Waals surface area contributed by atoms with Crippen LogP contribution in [0.4, 0.5) is 0 Å². The van der Waals surface area contributed by atoms with Crippen molar-refractivity contribution in [1.82, 2.24) is 0 Å². The van der Waals surface area contributed by atoms with Crippen LogP contribution in [0.3, 0.4) is 0 Å². The molecule has 0 heterocycles. The maximum absolute atomic E-state index is 9.21. The van der Waals surface area contributed by atoms with E-state index in [4.69, 9.17) is 0 Å². The van der Waals surface area contributed by atoms with E-state index in [0.717, 1.165) is 24.2 Å². The summed E-state index contributed by atoms with van der Waals surface area (Å²) in [5.41, 5.74) is 1.10. The highest BCUT2D eigenvalue weighted by Crippen LogP contribution is 2.19. The highest BCUT2D eigenvalue weighted by atomic mass is 32.2. The van der Waals surface area contributed by atoms with Gasteiger partial charge in [0.05, 0.1) is 5.76 Å². The van der Waals surface area contributed by atoms with Crippen molar-refractivity contribution in [3.63, 3.8) is 0 Å². The third kappa shape index (κ3) is 4.93. The van der Waals surface area contributed by atoms with Gasteiger partial charge in [-0.1, -0.05) is 18.2 Å². The molecule has 0 saturated heterocycles. The predicted octanol–water partition coefficient (Wildman–Crippen LogP) is 4.41. The highest BCUT2D eigenvalue weighted by molar-refractivity contribution is 7.99. The largest absolute Gasteiger partial charge is 0.513 e. The van der Waals surface area contributed by atoms with Gasteiger partial charge in [0.25, 0.3) is 0 Å². The van der Waals surface area contributed by atoms with Crippen LogP contribution in [0, 0.1) is 0 Å². The summed E-state index contributed by atoms with van der Waals surface area (Å²) in [6, 6.07) is 10.4. The fourth-order valence-electron chi connectivity index (χ4n) is 1.22. The summed E-state index contributed by atoms with van der Waals surface area (Å²) in [5.74, 6) is 1.58. The van der Waals surface area contributed by atoms with Gasteiger partial charge in [-0.05, 0) is 50.1 Å². The Labute approximate surface area is 96.2 Å². The van der Waals surface area contributed by atoms with Crippen molar-refractivity contribution in [2.24, 2.45) is 0 Å². The molecule has 1 aromatic rings. The average Bonchev–Trinajstić information content (AvgIpc) is 2.25. The van der Waals surface area contributed by atoms with E-state index in [1.165, 1.54) is 4.90 Å². The molecule has 1 nitrogen and oxygen atoms in total. The zero-order chi connectivity index (χ0) is 11.1. The zero-order valence-electron chi connectivity index (χ0n) is 9.36. The van der Waals surface area contributed by atoms with Crippen LogP contribution >= 0.6 is 11.8 Å². The molecule has 15 heavy (non-hydrogen) atoms.